The van der Waals surface area contributed by atoms with E-state index in [1.807, 2.05) is 36.9 Å². The predicted octanol–water partition coefficient (Wildman–Crippen LogP) is 2.30. The third-order valence-electron chi connectivity index (χ3n) is 4.75. The molecular weight excluding hydrogens is 314 g/mol. The Morgan fingerprint density at radius 2 is 1.96 bits per heavy atom. The van der Waals surface area contributed by atoms with E-state index in [0.717, 1.165) is 49.7 Å². The van der Waals surface area contributed by atoms with Crippen molar-refractivity contribution < 1.29 is 4.79 Å². The summed E-state index contributed by atoms with van der Waals surface area (Å²) in [6, 6.07) is 5.73. The van der Waals surface area contributed by atoms with Gasteiger partial charge in [0.05, 0.1) is 11.3 Å². The van der Waals surface area contributed by atoms with Crippen molar-refractivity contribution in [3.63, 3.8) is 0 Å². The third-order valence-corrected chi connectivity index (χ3v) is 4.75. The van der Waals surface area contributed by atoms with E-state index < -0.39 is 0 Å². The summed E-state index contributed by atoms with van der Waals surface area (Å²) in [6.07, 6.45) is 3.81. The highest BCUT2D eigenvalue weighted by atomic mass is 16.2. The molecule has 3 heterocycles. The lowest BCUT2D eigenvalue weighted by Gasteiger charge is -2.33. The zero-order valence-electron chi connectivity index (χ0n) is 15.6. The van der Waals surface area contributed by atoms with Gasteiger partial charge >= 0.3 is 0 Å². The Hall–Kier alpha value is -2.21. The molecule has 0 unspecified atom stereocenters. The highest BCUT2D eigenvalue weighted by molar-refractivity contribution is 5.94. The molecule has 2 aromatic heterocycles. The molecule has 2 aromatic rings. The normalized spacial score (nSPS) is 15.8. The summed E-state index contributed by atoms with van der Waals surface area (Å²) in [5.41, 5.74) is 2.64. The topological polar surface area (TPSA) is 54.3 Å². The molecule has 1 fully saturated rings. The summed E-state index contributed by atoms with van der Waals surface area (Å²) >= 11 is 0. The fourth-order valence-electron chi connectivity index (χ4n) is 3.52. The molecule has 0 radical (unpaired) electrons. The molecule has 25 heavy (non-hydrogen) atoms. The number of piperidine rings is 1. The lowest BCUT2D eigenvalue weighted by atomic mass is 9.96. The van der Waals surface area contributed by atoms with Gasteiger partial charge in [0.1, 0.15) is 0 Å². The zero-order chi connectivity index (χ0) is 18.0. The molecule has 6 nitrogen and oxygen atoms in total. The number of pyridine rings is 1. The first kappa shape index (κ1) is 17.6. The summed E-state index contributed by atoms with van der Waals surface area (Å²) < 4.78 is 1.80. The monoisotopic (exact) mass is 341 g/mol. The maximum absolute atomic E-state index is 12.7. The Morgan fingerprint density at radius 3 is 2.48 bits per heavy atom. The van der Waals surface area contributed by atoms with Crippen LogP contribution in [0.4, 0.5) is 0 Å². The van der Waals surface area contributed by atoms with Crippen LogP contribution in [-0.2, 0) is 0 Å². The number of aryl methyl sites for hydroxylation is 2. The van der Waals surface area contributed by atoms with Crippen LogP contribution in [0.1, 0.15) is 34.6 Å². The number of rotatable bonds is 4. The highest BCUT2D eigenvalue weighted by Crippen LogP contribution is 2.20. The average Bonchev–Trinajstić information content (AvgIpc) is 2.93. The molecule has 0 N–H and O–H groups in total. The molecule has 0 atom stereocenters. The van der Waals surface area contributed by atoms with E-state index in [4.69, 9.17) is 0 Å². The maximum Gasteiger partial charge on any atom is 0.255 e. The summed E-state index contributed by atoms with van der Waals surface area (Å²) in [7, 11) is 4.21. The minimum absolute atomic E-state index is 0.0794. The van der Waals surface area contributed by atoms with Crippen LogP contribution < -0.4 is 0 Å². The highest BCUT2D eigenvalue weighted by Gasteiger charge is 2.24. The van der Waals surface area contributed by atoms with Crippen molar-refractivity contribution in [1.82, 2.24) is 24.6 Å². The molecule has 0 spiro atoms. The van der Waals surface area contributed by atoms with Gasteiger partial charge < -0.3 is 9.80 Å². The summed E-state index contributed by atoms with van der Waals surface area (Å²) in [4.78, 5) is 21.3. The molecule has 0 aliphatic carbocycles. The third kappa shape index (κ3) is 4.07. The maximum atomic E-state index is 12.7. The van der Waals surface area contributed by atoms with Gasteiger partial charge in [-0.3, -0.25) is 4.79 Å². The number of hydrogen-bond donors (Lipinski definition) is 0. The predicted molar refractivity (Wildman–Crippen MR) is 98.0 cm³/mol. The molecule has 0 bridgehead atoms. The van der Waals surface area contributed by atoms with E-state index in [9.17, 15) is 4.79 Å². The largest absolute Gasteiger partial charge is 0.339 e. The Morgan fingerprint density at radius 1 is 1.24 bits per heavy atom. The second-order valence-corrected chi connectivity index (χ2v) is 7.24. The van der Waals surface area contributed by atoms with Crippen LogP contribution in [0.5, 0.6) is 0 Å². The van der Waals surface area contributed by atoms with E-state index >= 15 is 0 Å². The lowest BCUT2D eigenvalue weighted by molar-refractivity contribution is 0.0677. The van der Waals surface area contributed by atoms with Gasteiger partial charge in [-0.05, 0) is 64.9 Å². The van der Waals surface area contributed by atoms with Crippen molar-refractivity contribution in [2.24, 2.45) is 5.92 Å². The van der Waals surface area contributed by atoms with Crippen molar-refractivity contribution in [2.75, 3.05) is 33.7 Å². The van der Waals surface area contributed by atoms with Crippen LogP contribution in [0.15, 0.2) is 24.4 Å². The van der Waals surface area contributed by atoms with E-state index in [2.05, 4.69) is 29.1 Å². The van der Waals surface area contributed by atoms with E-state index in [-0.39, 0.29) is 5.91 Å². The van der Waals surface area contributed by atoms with Crippen LogP contribution in [0, 0.1) is 19.8 Å². The van der Waals surface area contributed by atoms with Crippen molar-refractivity contribution >= 4 is 5.91 Å². The fraction of sp³-hybridized carbons (Fsp3) is 0.526. The van der Waals surface area contributed by atoms with Gasteiger partial charge in [0, 0.05) is 31.5 Å². The summed E-state index contributed by atoms with van der Waals surface area (Å²) in [6.45, 7) is 6.72. The first-order valence-electron chi connectivity index (χ1n) is 8.87. The standard InChI is InChI=1S/C19H27N5O/c1-14-11-15(2)24(21-14)18-6-5-17(12-20-18)19(25)23-9-7-16(8-10-23)13-22(3)4/h5-6,11-12,16H,7-10,13H2,1-4H3. The Balaban J connectivity index is 1.65. The second kappa shape index (κ2) is 7.35. The van der Waals surface area contributed by atoms with Crippen LogP contribution in [0.2, 0.25) is 0 Å². The van der Waals surface area contributed by atoms with Crippen molar-refractivity contribution in [2.45, 2.75) is 26.7 Å². The van der Waals surface area contributed by atoms with Gasteiger partial charge in [0.25, 0.3) is 5.91 Å². The minimum atomic E-state index is 0.0794. The minimum Gasteiger partial charge on any atom is -0.339 e. The number of likely N-dealkylation sites (tertiary alicyclic amines) is 1. The van der Waals surface area contributed by atoms with Gasteiger partial charge in [-0.2, -0.15) is 5.10 Å². The smallest absolute Gasteiger partial charge is 0.255 e. The van der Waals surface area contributed by atoms with E-state index in [0.29, 0.717) is 11.5 Å². The molecule has 0 aromatic carbocycles. The molecule has 1 amide bonds. The van der Waals surface area contributed by atoms with Crippen molar-refractivity contribution in [1.29, 1.82) is 0 Å². The van der Waals surface area contributed by atoms with Crippen LogP contribution in [0.3, 0.4) is 0 Å². The number of amides is 1. The first-order chi connectivity index (χ1) is 11.9. The Bertz CT molecular complexity index is 727. The number of carbonyl (C=O) groups is 1. The Labute approximate surface area is 149 Å². The van der Waals surface area contributed by atoms with E-state index in [1.54, 1.807) is 10.9 Å². The number of aromatic nitrogens is 3. The number of hydrogen-bond acceptors (Lipinski definition) is 4. The summed E-state index contributed by atoms with van der Waals surface area (Å²) in [5, 5.41) is 4.43. The molecule has 1 aliphatic rings. The Kier molecular flexibility index (Phi) is 5.18. The van der Waals surface area contributed by atoms with Crippen LogP contribution in [-0.4, -0.2) is 64.2 Å². The molecule has 3 rings (SSSR count). The molecule has 1 aliphatic heterocycles. The van der Waals surface area contributed by atoms with Gasteiger partial charge in [-0.1, -0.05) is 0 Å². The molecule has 6 heteroatoms. The molecular formula is C19H27N5O. The quantitative estimate of drug-likeness (QED) is 0.856. The zero-order valence-corrected chi connectivity index (χ0v) is 15.6. The van der Waals surface area contributed by atoms with E-state index in [1.165, 1.54) is 0 Å². The first-order valence-corrected chi connectivity index (χ1v) is 8.87. The van der Waals surface area contributed by atoms with Crippen molar-refractivity contribution in [3.8, 4) is 5.82 Å². The fourth-order valence-corrected chi connectivity index (χ4v) is 3.52. The van der Waals surface area contributed by atoms with Gasteiger partial charge in [-0.25, -0.2) is 9.67 Å². The molecule has 0 saturated carbocycles. The van der Waals surface area contributed by atoms with Gasteiger partial charge in [0.2, 0.25) is 0 Å². The lowest BCUT2D eigenvalue weighted by Crippen LogP contribution is -2.40. The van der Waals surface area contributed by atoms with Crippen LogP contribution >= 0.6 is 0 Å². The number of nitrogens with zero attached hydrogens (tertiary/aromatic N) is 5. The average molecular weight is 341 g/mol. The molecule has 134 valence electrons. The second-order valence-electron chi connectivity index (χ2n) is 7.24. The summed E-state index contributed by atoms with van der Waals surface area (Å²) in [5.74, 6) is 1.51. The van der Waals surface area contributed by atoms with Gasteiger partial charge in [0.15, 0.2) is 5.82 Å². The number of carbonyl (C=O) groups excluding carboxylic acids is 1. The SMILES string of the molecule is Cc1cc(C)n(-c2ccc(C(=O)N3CCC(CN(C)C)CC3)cn2)n1. The van der Waals surface area contributed by atoms with Gasteiger partial charge in [-0.15, -0.1) is 0 Å². The molecule has 1 saturated heterocycles. The van der Waals surface area contributed by atoms with Crippen molar-refractivity contribution in [3.05, 3.63) is 41.3 Å². The van der Waals surface area contributed by atoms with Crippen LogP contribution in [0.25, 0.3) is 5.82 Å².